The predicted molar refractivity (Wildman–Crippen MR) is 126 cm³/mol. The summed E-state index contributed by atoms with van der Waals surface area (Å²) in [6.45, 7) is 1.80. The summed E-state index contributed by atoms with van der Waals surface area (Å²) in [4.78, 5) is 26.7. The molecule has 33 heavy (non-hydrogen) atoms. The first-order valence-corrected chi connectivity index (χ1v) is 13.1. The van der Waals surface area contributed by atoms with Crippen molar-refractivity contribution in [1.29, 1.82) is 0 Å². The Morgan fingerprint density at radius 2 is 1.58 bits per heavy atom. The van der Waals surface area contributed by atoms with Gasteiger partial charge < -0.3 is 10.2 Å². The van der Waals surface area contributed by atoms with Crippen LogP contribution in [0.25, 0.3) is 0 Å². The lowest BCUT2D eigenvalue weighted by atomic mass is 9.92. The van der Waals surface area contributed by atoms with E-state index < -0.39 is 10.0 Å². The molecule has 0 atom stereocenters. The molecule has 1 heterocycles. The van der Waals surface area contributed by atoms with Crippen molar-refractivity contribution in [1.82, 2.24) is 14.5 Å². The first kappa shape index (κ1) is 23.4. The summed E-state index contributed by atoms with van der Waals surface area (Å²) in [6, 6.07) is 14.5. The number of carbonyl (C=O) groups is 2. The molecule has 2 aliphatic rings. The Labute approximate surface area is 195 Å². The van der Waals surface area contributed by atoms with Gasteiger partial charge in [0.25, 0.3) is 5.91 Å². The molecule has 4 rings (SSSR count). The van der Waals surface area contributed by atoms with E-state index in [9.17, 15) is 18.0 Å². The minimum absolute atomic E-state index is 0.00483. The van der Waals surface area contributed by atoms with E-state index >= 15 is 0 Å². The van der Waals surface area contributed by atoms with Gasteiger partial charge in [-0.2, -0.15) is 4.31 Å². The fourth-order valence-electron chi connectivity index (χ4n) is 4.49. The molecule has 0 bridgehead atoms. The van der Waals surface area contributed by atoms with Crippen LogP contribution in [0.3, 0.4) is 0 Å². The molecule has 1 fully saturated rings. The number of amides is 2. The summed E-state index contributed by atoms with van der Waals surface area (Å²) in [5.41, 5.74) is 3.01. The van der Waals surface area contributed by atoms with Crippen molar-refractivity contribution in [2.24, 2.45) is 0 Å². The molecule has 0 aromatic heterocycles. The molecule has 1 N–H and O–H groups in total. The summed E-state index contributed by atoms with van der Waals surface area (Å²) in [7, 11) is -3.55. The SMILES string of the molecule is O=C(NCCCC(=O)N1CCN(S(=O)(=O)c2ccc3c(c2)CCCC3)CC1)c1ccccc1. The summed E-state index contributed by atoms with van der Waals surface area (Å²) in [6.07, 6.45) is 5.10. The summed E-state index contributed by atoms with van der Waals surface area (Å²) >= 11 is 0. The van der Waals surface area contributed by atoms with Crippen LogP contribution in [0.1, 0.15) is 47.2 Å². The molecular formula is C25H31N3O4S. The smallest absolute Gasteiger partial charge is 0.251 e. The van der Waals surface area contributed by atoms with Crippen molar-refractivity contribution in [3.8, 4) is 0 Å². The molecular weight excluding hydrogens is 438 g/mol. The van der Waals surface area contributed by atoms with Crippen molar-refractivity contribution in [2.75, 3.05) is 32.7 Å². The van der Waals surface area contributed by atoms with Gasteiger partial charge in [-0.15, -0.1) is 0 Å². The highest BCUT2D eigenvalue weighted by molar-refractivity contribution is 7.89. The van der Waals surface area contributed by atoms with E-state index in [-0.39, 0.29) is 11.8 Å². The number of hydrogen-bond acceptors (Lipinski definition) is 4. The Kier molecular flexibility index (Phi) is 7.45. The molecule has 0 radical (unpaired) electrons. The lowest BCUT2D eigenvalue weighted by molar-refractivity contribution is -0.132. The molecule has 2 aromatic carbocycles. The number of benzene rings is 2. The first-order valence-electron chi connectivity index (χ1n) is 11.7. The zero-order chi connectivity index (χ0) is 23.3. The van der Waals surface area contributed by atoms with Gasteiger partial charge in [0.2, 0.25) is 15.9 Å². The Balaban J connectivity index is 1.23. The molecule has 1 saturated heterocycles. The van der Waals surface area contributed by atoms with E-state index in [4.69, 9.17) is 0 Å². The van der Waals surface area contributed by atoms with Gasteiger partial charge in [0, 0.05) is 44.7 Å². The topological polar surface area (TPSA) is 86.8 Å². The lowest BCUT2D eigenvalue weighted by Crippen LogP contribution is -2.50. The maximum Gasteiger partial charge on any atom is 0.251 e. The summed E-state index contributed by atoms with van der Waals surface area (Å²) in [5, 5.41) is 2.83. The predicted octanol–water partition coefficient (Wildman–Crippen LogP) is 2.61. The molecule has 7 nitrogen and oxygen atoms in total. The number of hydrogen-bond donors (Lipinski definition) is 1. The highest BCUT2D eigenvalue weighted by atomic mass is 32.2. The quantitative estimate of drug-likeness (QED) is 0.632. The van der Waals surface area contributed by atoms with Gasteiger partial charge in [0.05, 0.1) is 4.90 Å². The molecule has 2 amide bonds. The highest BCUT2D eigenvalue weighted by Crippen LogP contribution is 2.26. The molecule has 0 saturated carbocycles. The minimum Gasteiger partial charge on any atom is -0.352 e. The fraction of sp³-hybridized carbons (Fsp3) is 0.440. The Morgan fingerprint density at radius 3 is 2.30 bits per heavy atom. The van der Waals surface area contributed by atoms with Crippen LogP contribution in [-0.2, 0) is 27.7 Å². The number of nitrogens with one attached hydrogen (secondary N) is 1. The van der Waals surface area contributed by atoms with Crippen LogP contribution in [0.5, 0.6) is 0 Å². The van der Waals surface area contributed by atoms with Crippen molar-refractivity contribution < 1.29 is 18.0 Å². The normalized spacial score (nSPS) is 16.8. The molecule has 176 valence electrons. The van der Waals surface area contributed by atoms with Crippen LogP contribution >= 0.6 is 0 Å². The molecule has 1 aliphatic heterocycles. The number of fused-ring (bicyclic) bond motifs is 1. The second-order valence-corrected chi connectivity index (χ2v) is 10.6. The van der Waals surface area contributed by atoms with E-state index in [1.807, 2.05) is 30.3 Å². The van der Waals surface area contributed by atoms with E-state index in [1.54, 1.807) is 23.1 Å². The van der Waals surface area contributed by atoms with Gasteiger partial charge in [0.1, 0.15) is 0 Å². The maximum atomic E-state index is 13.1. The summed E-state index contributed by atoms with van der Waals surface area (Å²) < 4.78 is 27.7. The van der Waals surface area contributed by atoms with Gasteiger partial charge in [0.15, 0.2) is 0 Å². The molecule has 1 aliphatic carbocycles. The third kappa shape index (κ3) is 5.62. The number of sulfonamides is 1. The number of rotatable bonds is 7. The van der Waals surface area contributed by atoms with Crippen LogP contribution in [0, 0.1) is 0 Å². The Bertz CT molecular complexity index is 1090. The largest absolute Gasteiger partial charge is 0.352 e. The fourth-order valence-corrected chi connectivity index (χ4v) is 5.96. The van der Waals surface area contributed by atoms with Gasteiger partial charge in [-0.25, -0.2) is 8.42 Å². The Hall–Kier alpha value is -2.71. The van der Waals surface area contributed by atoms with Gasteiger partial charge in [-0.3, -0.25) is 9.59 Å². The number of piperazine rings is 1. The first-order chi connectivity index (χ1) is 15.9. The second-order valence-electron chi connectivity index (χ2n) is 8.65. The standard InChI is InChI=1S/C25H31N3O4S/c29-24(11-6-14-26-25(30)21-8-2-1-3-9-21)27-15-17-28(18-16-27)33(31,32)23-13-12-20-7-4-5-10-22(20)19-23/h1-3,8-9,12-13,19H,4-7,10-11,14-18H2,(H,26,30). The third-order valence-corrected chi connectivity index (χ3v) is 8.33. The molecule has 0 unspecified atom stereocenters. The maximum absolute atomic E-state index is 13.1. The molecule has 8 heteroatoms. The number of aryl methyl sites for hydroxylation is 2. The van der Waals surface area contributed by atoms with Crippen LogP contribution in [0.2, 0.25) is 0 Å². The second kappa shape index (κ2) is 10.5. The van der Waals surface area contributed by atoms with E-state index in [0.717, 1.165) is 31.2 Å². The van der Waals surface area contributed by atoms with Gasteiger partial charge in [-0.1, -0.05) is 24.3 Å². The van der Waals surface area contributed by atoms with Crippen molar-refractivity contribution in [3.05, 3.63) is 65.2 Å². The number of nitrogens with zero attached hydrogens (tertiary/aromatic N) is 2. The molecule has 0 spiro atoms. The Morgan fingerprint density at radius 1 is 0.879 bits per heavy atom. The summed E-state index contributed by atoms with van der Waals surface area (Å²) in [5.74, 6) is -0.154. The van der Waals surface area contributed by atoms with Crippen molar-refractivity contribution >= 4 is 21.8 Å². The molecule has 2 aromatic rings. The third-order valence-electron chi connectivity index (χ3n) is 6.44. The van der Waals surface area contributed by atoms with Gasteiger partial charge >= 0.3 is 0 Å². The van der Waals surface area contributed by atoms with Crippen LogP contribution in [0.4, 0.5) is 0 Å². The average Bonchev–Trinajstić information content (AvgIpc) is 2.86. The van der Waals surface area contributed by atoms with Crippen LogP contribution in [0.15, 0.2) is 53.4 Å². The highest BCUT2D eigenvalue weighted by Gasteiger charge is 2.30. The lowest BCUT2D eigenvalue weighted by Gasteiger charge is -2.34. The van der Waals surface area contributed by atoms with Crippen molar-refractivity contribution in [3.63, 3.8) is 0 Å². The van der Waals surface area contributed by atoms with Crippen LogP contribution in [-0.4, -0.2) is 62.2 Å². The van der Waals surface area contributed by atoms with E-state index in [2.05, 4.69) is 5.32 Å². The van der Waals surface area contributed by atoms with E-state index in [0.29, 0.717) is 56.0 Å². The monoisotopic (exact) mass is 469 g/mol. The zero-order valence-electron chi connectivity index (χ0n) is 18.8. The van der Waals surface area contributed by atoms with E-state index in [1.165, 1.54) is 9.87 Å². The minimum atomic E-state index is -3.55. The van der Waals surface area contributed by atoms with Gasteiger partial charge in [-0.05, 0) is 67.5 Å². The van der Waals surface area contributed by atoms with Crippen molar-refractivity contribution in [2.45, 2.75) is 43.4 Å². The number of carbonyl (C=O) groups excluding carboxylic acids is 2. The van der Waals surface area contributed by atoms with Crippen LogP contribution < -0.4 is 5.32 Å². The average molecular weight is 470 g/mol. The zero-order valence-corrected chi connectivity index (χ0v) is 19.6.